The van der Waals surface area contributed by atoms with Crippen molar-refractivity contribution in [1.29, 1.82) is 0 Å². The van der Waals surface area contributed by atoms with Crippen molar-refractivity contribution in [2.45, 2.75) is 30.7 Å². The maximum absolute atomic E-state index is 9.38. The Hall–Kier alpha value is -0.620. The minimum absolute atomic E-state index is 0.0355. The molecule has 0 fully saturated rings. The van der Waals surface area contributed by atoms with Crippen LogP contribution in [0.5, 0.6) is 0 Å². The molecule has 0 radical (unpaired) electrons. The average Bonchev–Trinajstić information content (AvgIpc) is 2.39. The van der Waals surface area contributed by atoms with Crippen molar-refractivity contribution in [3.8, 4) is 0 Å². The van der Waals surface area contributed by atoms with Gasteiger partial charge in [-0.3, -0.25) is 4.98 Å². The molecule has 1 aromatic rings. The maximum atomic E-state index is 9.38. The predicted octanol–water partition coefficient (Wildman–Crippen LogP) is 0.946. The topological polar surface area (TPSA) is 79.4 Å². The lowest BCUT2D eigenvalue weighted by molar-refractivity contribution is 0.113. The summed E-state index contributed by atoms with van der Waals surface area (Å²) >= 11 is 1.58. The fraction of sp³-hybridized carbons (Fsp3) is 0.583. The molecule has 0 aromatic carbocycles. The number of nitrogens with zero attached hydrogens (tertiary/aromatic N) is 1. The fourth-order valence-corrected chi connectivity index (χ4v) is 2.83. The van der Waals surface area contributed by atoms with Crippen LogP contribution in [0.25, 0.3) is 0 Å². The molecule has 17 heavy (non-hydrogen) atoms. The van der Waals surface area contributed by atoms with Gasteiger partial charge in [0, 0.05) is 29.4 Å². The van der Waals surface area contributed by atoms with Gasteiger partial charge >= 0.3 is 0 Å². The molecule has 5 heteroatoms. The number of pyridine rings is 1. The molecule has 3 atom stereocenters. The largest absolute Gasteiger partial charge is 0.394 e. The van der Waals surface area contributed by atoms with E-state index in [1.165, 1.54) is 0 Å². The summed E-state index contributed by atoms with van der Waals surface area (Å²) < 4.78 is 0. The number of aromatic nitrogens is 1. The number of hydrogen-bond donors (Lipinski definition) is 3. The monoisotopic (exact) mass is 256 g/mol. The second kappa shape index (κ2) is 7.66. The van der Waals surface area contributed by atoms with E-state index in [-0.39, 0.29) is 17.9 Å². The normalized spacial score (nSPS) is 16.5. The summed E-state index contributed by atoms with van der Waals surface area (Å²) in [6.07, 6.45) is 3.67. The van der Waals surface area contributed by atoms with E-state index in [0.717, 1.165) is 12.0 Å². The minimum atomic E-state index is -0.687. The van der Waals surface area contributed by atoms with Gasteiger partial charge in [-0.05, 0) is 24.1 Å². The zero-order chi connectivity index (χ0) is 12.7. The fourth-order valence-electron chi connectivity index (χ4n) is 1.50. The molecule has 0 saturated carbocycles. The van der Waals surface area contributed by atoms with E-state index in [0.29, 0.717) is 5.75 Å². The quantitative estimate of drug-likeness (QED) is 0.677. The molecule has 3 unspecified atom stereocenters. The Bertz CT molecular complexity index is 311. The van der Waals surface area contributed by atoms with E-state index in [9.17, 15) is 5.11 Å². The number of rotatable bonds is 7. The molecule has 0 aliphatic rings. The van der Waals surface area contributed by atoms with Crippen molar-refractivity contribution in [2.75, 3.05) is 12.4 Å². The minimum Gasteiger partial charge on any atom is -0.394 e. The predicted molar refractivity (Wildman–Crippen MR) is 70.8 cm³/mol. The average molecular weight is 256 g/mol. The second-order valence-electron chi connectivity index (χ2n) is 3.94. The van der Waals surface area contributed by atoms with Gasteiger partial charge in [0.2, 0.25) is 0 Å². The molecule has 1 rings (SSSR count). The second-order valence-corrected chi connectivity index (χ2v) is 5.12. The Balaban J connectivity index is 2.68. The number of hydrogen-bond acceptors (Lipinski definition) is 5. The Labute approximate surface area is 106 Å². The molecule has 1 aromatic heterocycles. The highest BCUT2D eigenvalue weighted by Gasteiger charge is 2.20. The number of thioether (sulfide) groups is 1. The van der Waals surface area contributed by atoms with Crippen molar-refractivity contribution in [3.05, 3.63) is 30.1 Å². The van der Waals surface area contributed by atoms with Crippen LogP contribution in [0.4, 0.5) is 0 Å². The van der Waals surface area contributed by atoms with Gasteiger partial charge in [0.05, 0.1) is 12.7 Å². The molecule has 4 N–H and O–H groups in total. The van der Waals surface area contributed by atoms with E-state index >= 15 is 0 Å². The van der Waals surface area contributed by atoms with Crippen molar-refractivity contribution < 1.29 is 10.2 Å². The Morgan fingerprint density at radius 1 is 1.41 bits per heavy atom. The lowest BCUT2D eigenvalue weighted by atomic mass is 10.1. The summed E-state index contributed by atoms with van der Waals surface area (Å²) in [6, 6.07) is 3.92. The summed E-state index contributed by atoms with van der Waals surface area (Å²) in [5, 5.41) is 18.3. The van der Waals surface area contributed by atoms with Crippen LogP contribution in [0.2, 0.25) is 0 Å². The highest BCUT2D eigenvalue weighted by atomic mass is 32.2. The molecule has 4 nitrogen and oxygen atoms in total. The van der Waals surface area contributed by atoms with Crippen LogP contribution in [0.3, 0.4) is 0 Å². The van der Waals surface area contributed by atoms with E-state index in [4.69, 9.17) is 10.8 Å². The molecule has 0 aliphatic heterocycles. The summed E-state index contributed by atoms with van der Waals surface area (Å²) in [4.78, 5) is 3.98. The maximum Gasteiger partial charge on any atom is 0.0861 e. The molecule has 96 valence electrons. The molecule has 0 saturated heterocycles. The van der Waals surface area contributed by atoms with Crippen LogP contribution in [0.15, 0.2) is 24.5 Å². The zero-order valence-corrected chi connectivity index (χ0v) is 10.8. The molecular weight excluding hydrogens is 236 g/mol. The first-order valence-electron chi connectivity index (χ1n) is 5.75. The van der Waals surface area contributed by atoms with Crippen LogP contribution >= 0.6 is 11.8 Å². The highest BCUT2D eigenvalue weighted by molar-refractivity contribution is 7.99. The van der Waals surface area contributed by atoms with Crippen molar-refractivity contribution in [3.63, 3.8) is 0 Å². The summed E-state index contributed by atoms with van der Waals surface area (Å²) in [6.45, 7) is 1.83. The number of aliphatic hydroxyl groups excluding tert-OH is 2. The Morgan fingerprint density at radius 3 is 2.59 bits per heavy atom. The third-order valence-corrected chi connectivity index (χ3v) is 4.13. The summed E-state index contributed by atoms with van der Waals surface area (Å²) in [7, 11) is 0. The van der Waals surface area contributed by atoms with Gasteiger partial charge in [0.15, 0.2) is 0 Å². The SMILES string of the molecule is CCC(N)C(SCC(O)CO)c1ccncc1. The van der Waals surface area contributed by atoms with E-state index in [1.54, 1.807) is 24.2 Å². The van der Waals surface area contributed by atoms with Crippen LogP contribution in [0.1, 0.15) is 24.2 Å². The van der Waals surface area contributed by atoms with Gasteiger partial charge in [-0.15, -0.1) is 11.8 Å². The molecule has 1 heterocycles. The lowest BCUT2D eigenvalue weighted by Gasteiger charge is -2.23. The van der Waals surface area contributed by atoms with Crippen molar-refractivity contribution in [1.82, 2.24) is 4.98 Å². The van der Waals surface area contributed by atoms with Gasteiger partial charge in [0.1, 0.15) is 0 Å². The third-order valence-electron chi connectivity index (χ3n) is 2.57. The van der Waals surface area contributed by atoms with Gasteiger partial charge in [-0.2, -0.15) is 0 Å². The van der Waals surface area contributed by atoms with Gasteiger partial charge in [-0.25, -0.2) is 0 Å². The first-order valence-corrected chi connectivity index (χ1v) is 6.80. The van der Waals surface area contributed by atoms with Crippen molar-refractivity contribution >= 4 is 11.8 Å². The van der Waals surface area contributed by atoms with E-state index in [2.05, 4.69) is 4.98 Å². The van der Waals surface area contributed by atoms with Gasteiger partial charge in [-0.1, -0.05) is 6.92 Å². The lowest BCUT2D eigenvalue weighted by Crippen LogP contribution is -2.27. The van der Waals surface area contributed by atoms with Gasteiger partial charge in [0.25, 0.3) is 0 Å². The van der Waals surface area contributed by atoms with Crippen LogP contribution in [-0.4, -0.2) is 39.7 Å². The molecule has 0 aliphatic carbocycles. The summed E-state index contributed by atoms with van der Waals surface area (Å²) in [5.74, 6) is 0.483. The Morgan fingerprint density at radius 2 is 2.06 bits per heavy atom. The van der Waals surface area contributed by atoms with Crippen molar-refractivity contribution in [2.24, 2.45) is 5.73 Å². The third kappa shape index (κ3) is 4.63. The molecular formula is C12H20N2O2S. The smallest absolute Gasteiger partial charge is 0.0861 e. The number of nitrogens with two attached hydrogens (primary N) is 1. The highest BCUT2D eigenvalue weighted by Crippen LogP contribution is 2.32. The first-order chi connectivity index (χ1) is 8.19. The van der Waals surface area contributed by atoms with Crippen LogP contribution in [0, 0.1) is 0 Å². The van der Waals surface area contributed by atoms with E-state index in [1.807, 2.05) is 19.1 Å². The number of aliphatic hydroxyl groups is 2. The molecule has 0 spiro atoms. The van der Waals surface area contributed by atoms with E-state index < -0.39 is 6.10 Å². The van der Waals surface area contributed by atoms with Gasteiger partial charge < -0.3 is 15.9 Å². The standard InChI is InChI=1S/C12H20N2O2S/c1-2-11(13)12(17-8-10(16)7-15)9-3-5-14-6-4-9/h3-6,10-12,15-16H,2,7-8,13H2,1H3. The molecule has 0 bridgehead atoms. The first kappa shape index (κ1) is 14.4. The molecule has 0 amide bonds. The van der Waals surface area contributed by atoms with Crippen LogP contribution in [-0.2, 0) is 0 Å². The Kier molecular flexibility index (Phi) is 6.50. The summed E-state index contributed by atoms with van der Waals surface area (Å²) in [5.41, 5.74) is 7.21. The van der Waals surface area contributed by atoms with Crippen LogP contribution < -0.4 is 5.73 Å². The zero-order valence-electron chi connectivity index (χ0n) is 9.99.